The van der Waals surface area contributed by atoms with Gasteiger partial charge in [-0.15, -0.1) is 0 Å². The van der Waals surface area contributed by atoms with E-state index in [1.165, 1.54) is 0 Å². The summed E-state index contributed by atoms with van der Waals surface area (Å²) in [7, 11) is -3.22. The van der Waals surface area contributed by atoms with Gasteiger partial charge in [0.2, 0.25) is 10.0 Å². The molecule has 0 bridgehead atoms. The molecule has 2 atom stereocenters. The average Bonchev–Trinajstić information content (AvgIpc) is 2.67. The molecule has 8 heteroatoms. The van der Waals surface area contributed by atoms with Crippen LogP contribution < -0.4 is 9.62 Å². The number of nitrogens with zero attached hydrogens (tertiary/aromatic N) is 1. The molecule has 0 aliphatic carbocycles. The van der Waals surface area contributed by atoms with E-state index < -0.39 is 10.0 Å². The van der Waals surface area contributed by atoms with E-state index in [0.717, 1.165) is 30.6 Å². The van der Waals surface area contributed by atoms with Crippen LogP contribution in [-0.4, -0.2) is 27.3 Å². The normalized spacial score (nSPS) is 20.1. The summed E-state index contributed by atoms with van der Waals surface area (Å²) in [6.07, 6.45) is 2.38. The fourth-order valence-electron chi connectivity index (χ4n) is 3.81. The van der Waals surface area contributed by atoms with Gasteiger partial charge in [0.25, 0.3) is 0 Å². The second kappa shape index (κ2) is 9.88. The van der Waals surface area contributed by atoms with E-state index in [4.69, 9.17) is 34.8 Å². The van der Waals surface area contributed by atoms with Gasteiger partial charge in [0.1, 0.15) is 0 Å². The molecule has 0 aromatic heterocycles. The number of hydrogen-bond donors (Lipinski definition) is 1. The Kier molecular flexibility index (Phi) is 7.74. The van der Waals surface area contributed by atoms with E-state index >= 15 is 0 Å². The third kappa shape index (κ3) is 6.02. The van der Waals surface area contributed by atoms with Crippen molar-refractivity contribution in [2.24, 2.45) is 5.92 Å². The molecule has 1 saturated heterocycles. The Morgan fingerprint density at radius 2 is 1.72 bits per heavy atom. The Hall–Kier alpha value is -0.980. The van der Waals surface area contributed by atoms with Crippen molar-refractivity contribution in [3.63, 3.8) is 0 Å². The summed E-state index contributed by atoms with van der Waals surface area (Å²) < 4.78 is 26.9. The lowest BCUT2D eigenvalue weighted by Gasteiger charge is -2.42. The number of halogens is 3. The average molecular weight is 476 g/mol. The number of benzene rings is 2. The summed E-state index contributed by atoms with van der Waals surface area (Å²) in [6.45, 7) is 3.02. The van der Waals surface area contributed by atoms with Gasteiger partial charge < -0.3 is 4.90 Å². The van der Waals surface area contributed by atoms with Crippen LogP contribution in [-0.2, 0) is 10.0 Å². The zero-order valence-corrected chi connectivity index (χ0v) is 19.3. The number of nitrogens with one attached hydrogen (secondary N) is 1. The number of hydrogen-bond acceptors (Lipinski definition) is 3. The molecule has 1 aliphatic heterocycles. The number of anilines is 1. The van der Waals surface area contributed by atoms with Crippen LogP contribution in [0.3, 0.4) is 0 Å². The molecule has 29 heavy (non-hydrogen) atoms. The Balaban J connectivity index is 1.83. The Bertz CT molecular complexity index is 935. The predicted octanol–water partition coefficient (Wildman–Crippen LogP) is 5.93. The lowest BCUT2D eigenvalue weighted by Crippen LogP contribution is -2.43. The molecule has 1 N–H and O–H groups in total. The van der Waals surface area contributed by atoms with E-state index in [0.29, 0.717) is 28.0 Å². The molecule has 2 aromatic rings. The molecule has 3 rings (SSSR count). The van der Waals surface area contributed by atoms with Crippen LogP contribution in [0.15, 0.2) is 42.5 Å². The van der Waals surface area contributed by atoms with E-state index in [9.17, 15) is 8.42 Å². The maximum Gasteiger partial charge on any atom is 0.211 e. The van der Waals surface area contributed by atoms with Crippen LogP contribution in [0.5, 0.6) is 0 Å². The topological polar surface area (TPSA) is 49.4 Å². The second-order valence-electron chi connectivity index (χ2n) is 7.42. The molecule has 0 saturated carbocycles. The van der Waals surface area contributed by atoms with Crippen LogP contribution in [0.4, 0.5) is 5.69 Å². The maximum atomic E-state index is 12.1. The number of rotatable bonds is 7. The van der Waals surface area contributed by atoms with Crippen molar-refractivity contribution < 1.29 is 8.42 Å². The maximum absolute atomic E-state index is 12.1. The molecular weight excluding hydrogens is 451 g/mol. The third-order valence-electron chi connectivity index (χ3n) is 5.22. The van der Waals surface area contributed by atoms with Gasteiger partial charge in [-0.05, 0) is 67.1 Å². The van der Waals surface area contributed by atoms with Crippen LogP contribution in [0.25, 0.3) is 0 Å². The quantitative estimate of drug-likeness (QED) is 0.539. The van der Waals surface area contributed by atoms with Gasteiger partial charge in [-0.1, -0.05) is 47.8 Å². The van der Waals surface area contributed by atoms with Crippen LogP contribution in [0, 0.1) is 5.92 Å². The third-order valence-corrected chi connectivity index (χ3v) is 7.59. The lowest BCUT2D eigenvalue weighted by atomic mass is 9.88. The largest absolute Gasteiger partial charge is 0.364 e. The van der Waals surface area contributed by atoms with Gasteiger partial charge in [0.05, 0.1) is 11.8 Å². The van der Waals surface area contributed by atoms with Crippen molar-refractivity contribution in [2.45, 2.75) is 32.2 Å². The number of sulfonamides is 1. The first-order valence-corrected chi connectivity index (χ1v) is 12.5. The Morgan fingerprint density at radius 3 is 2.38 bits per heavy atom. The highest BCUT2D eigenvalue weighted by atomic mass is 35.5. The van der Waals surface area contributed by atoms with E-state index in [-0.39, 0.29) is 17.7 Å². The fraction of sp³-hybridized carbons (Fsp3) is 0.429. The standard InChI is InChI=1S/C21H25Cl3N2O2S/c1-2-11-29(27,28)25-13-15-3-10-21(19-9-6-17(23)12-20(19)24)26(14-15)18-7-4-16(22)5-8-18/h4-9,12,15,21,25H,2-3,10-11,13-14H2,1H3/t15-,21-/m0/s1. The molecule has 158 valence electrons. The molecule has 0 amide bonds. The molecule has 1 aliphatic rings. The first-order valence-electron chi connectivity index (χ1n) is 9.73. The summed E-state index contributed by atoms with van der Waals surface area (Å²) in [4.78, 5) is 2.29. The molecular formula is C21H25Cl3N2O2S. The SMILES string of the molecule is CCCS(=O)(=O)NC[C@@H]1CC[C@@H](c2ccc(Cl)cc2Cl)N(c2ccc(Cl)cc2)C1. The number of piperidine rings is 1. The summed E-state index contributed by atoms with van der Waals surface area (Å²) in [5, 5.41) is 1.93. The molecule has 0 spiro atoms. The van der Waals surface area contributed by atoms with Gasteiger partial charge in [0, 0.05) is 33.8 Å². The van der Waals surface area contributed by atoms with Gasteiger partial charge in [0.15, 0.2) is 0 Å². The summed E-state index contributed by atoms with van der Waals surface area (Å²) in [5.41, 5.74) is 2.06. The van der Waals surface area contributed by atoms with Crippen LogP contribution >= 0.6 is 34.8 Å². The molecule has 0 radical (unpaired) electrons. The molecule has 1 fully saturated rings. The minimum atomic E-state index is -3.22. The van der Waals surface area contributed by atoms with Gasteiger partial charge in [-0.2, -0.15) is 0 Å². The van der Waals surface area contributed by atoms with Gasteiger partial charge in [-0.3, -0.25) is 0 Å². The first-order chi connectivity index (χ1) is 13.8. The Labute approximate surface area is 188 Å². The van der Waals surface area contributed by atoms with Crippen molar-refractivity contribution in [1.29, 1.82) is 0 Å². The zero-order chi connectivity index (χ0) is 21.0. The zero-order valence-electron chi connectivity index (χ0n) is 16.2. The summed E-state index contributed by atoms with van der Waals surface area (Å²) in [5.74, 6) is 0.364. The molecule has 0 unspecified atom stereocenters. The van der Waals surface area contributed by atoms with Crippen molar-refractivity contribution in [3.8, 4) is 0 Å². The lowest BCUT2D eigenvalue weighted by molar-refractivity contribution is 0.358. The smallest absolute Gasteiger partial charge is 0.211 e. The van der Waals surface area contributed by atoms with Crippen molar-refractivity contribution in [3.05, 3.63) is 63.1 Å². The molecule has 1 heterocycles. The summed E-state index contributed by atoms with van der Waals surface area (Å²) in [6, 6.07) is 13.4. The van der Waals surface area contributed by atoms with Crippen LogP contribution in [0.1, 0.15) is 37.8 Å². The predicted molar refractivity (Wildman–Crippen MR) is 123 cm³/mol. The van der Waals surface area contributed by atoms with Crippen molar-refractivity contribution in [1.82, 2.24) is 4.72 Å². The van der Waals surface area contributed by atoms with E-state index in [1.807, 2.05) is 43.3 Å². The van der Waals surface area contributed by atoms with Crippen molar-refractivity contribution >= 4 is 50.5 Å². The monoisotopic (exact) mass is 474 g/mol. The Morgan fingerprint density at radius 1 is 1.03 bits per heavy atom. The summed E-state index contributed by atoms with van der Waals surface area (Å²) >= 11 is 18.7. The second-order valence-corrected chi connectivity index (χ2v) is 10.6. The minimum absolute atomic E-state index is 0.0874. The van der Waals surface area contributed by atoms with Gasteiger partial charge in [-0.25, -0.2) is 13.1 Å². The van der Waals surface area contributed by atoms with Gasteiger partial charge >= 0.3 is 0 Å². The molecule has 4 nitrogen and oxygen atoms in total. The molecule has 2 aromatic carbocycles. The minimum Gasteiger partial charge on any atom is -0.364 e. The van der Waals surface area contributed by atoms with Crippen molar-refractivity contribution in [2.75, 3.05) is 23.7 Å². The fourth-order valence-corrected chi connectivity index (χ4v) is 5.64. The first kappa shape index (κ1) is 22.7. The van der Waals surface area contributed by atoms with E-state index in [2.05, 4.69) is 9.62 Å². The highest BCUT2D eigenvalue weighted by Gasteiger charge is 2.31. The van der Waals surface area contributed by atoms with E-state index in [1.54, 1.807) is 6.07 Å². The highest BCUT2D eigenvalue weighted by molar-refractivity contribution is 7.89. The highest BCUT2D eigenvalue weighted by Crippen LogP contribution is 2.40. The van der Waals surface area contributed by atoms with Crippen LogP contribution in [0.2, 0.25) is 15.1 Å².